The first kappa shape index (κ1) is 34.1. The predicted molar refractivity (Wildman–Crippen MR) is 166 cm³/mol. The SMILES string of the molecule is C[C@H](CCC(=O)NCC[N+]1(COC(=O)C(C)(C)C)CCCC1)[C@H]1CCC2C3CCC4CCCC[C@]4(C)C3CC[C@@]21C.[Cl-]. The van der Waals surface area contributed by atoms with Gasteiger partial charge in [0, 0.05) is 19.3 Å². The summed E-state index contributed by atoms with van der Waals surface area (Å²) in [4.78, 5) is 25.3. The van der Waals surface area contributed by atoms with Crippen molar-refractivity contribution in [3.63, 3.8) is 0 Å². The Hall–Kier alpha value is -0.810. The van der Waals surface area contributed by atoms with Gasteiger partial charge < -0.3 is 22.5 Å². The molecule has 42 heavy (non-hydrogen) atoms. The van der Waals surface area contributed by atoms with Crippen molar-refractivity contribution in [2.45, 2.75) is 131 Å². The molecule has 4 unspecified atom stereocenters. The summed E-state index contributed by atoms with van der Waals surface area (Å²) in [5.74, 6) is 5.29. The molecule has 1 heterocycles. The molecular formula is C36H63ClN2O3. The molecule has 1 amide bonds. The molecule has 4 saturated carbocycles. The maximum atomic E-state index is 13.0. The van der Waals surface area contributed by atoms with Crippen LogP contribution in [-0.2, 0) is 14.3 Å². The molecular weight excluding hydrogens is 544 g/mol. The fraction of sp³-hybridized carbons (Fsp3) is 0.944. The van der Waals surface area contributed by atoms with E-state index in [0.29, 0.717) is 36.4 Å². The fourth-order valence-corrected chi connectivity index (χ4v) is 11.2. The quantitative estimate of drug-likeness (QED) is 0.305. The van der Waals surface area contributed by atoms with Gasteiger partial charge in [0.25, 0.3) is 0 Å². The number of carbonyl (C=O) groups excluding carboxylic acids is 2. The Morgan fingerprint density at radius 3 is 2.33 bits per heavy atom. The number of hydrogen-bond acceptors (Lipinski definition) is 3. The topological polar surface area (TPSA) is 55.4 Å². The van der Waals surface area contributed by atoms with Gasteiger partial charge in [0.1, 0.15) is 0 Å². The minimum absolute atomic E-state index is 0. The highest BCUT2D eigenvalue weighted by atomic mass is 35.5. The monoisotopic (exact) mass is 606 g/mol. The van der Waals surface area contributed by atoms with Crippen LogP contribution in [0.15, 0.2) is 0 Å². The van der Waals surface area contributed by atoms with E-state index in [0.717, 1.165) is 60.1 Å². The van der Waals surface area contributed by atoms with Crippen LogP contribution in [0.25, 0.3) is 0 Å². The maximum Gasteiger partial charge on any atom is 0.315 e. The molecule has 6 heteroatoms. The van der Waals surface area contributed by atoms with Crippen molar-refractivity contribution in [2.24, 2.45) is 51.8 Å². The summed E-state index contributed by atoms with van der Waals surface area (Å²) in [5, 5.41) is 3.24. The number of ether oxygens (including phenoxy) is 1. The fourth-order valence-electron chi connectivity index (χ4n) is 11.2. The lowest BCUT2D eigenvalue weighted by molar-refractivity contribution is -0.931. The van der Waals surface area contributed by atoms with Crippen LogP contribution in [0.2, 0.25) is 0 Å². The minimum atomic E-state index is -0.475. The Balaban J connectivity index is 0.00000405. The molecule has 8 atom stereocenters. The van der Waals surface area contributed by atoms with Crippen molar-refractivity contribution in [2.75, 3.05) is 32.9 Å². The summed E-state index contributed by atoms with van der Waals surface area (Å²) in [6.07, 6.45) is 18.6. The van der Waals surface area contributed by atoms with Gasteiger partial charge in [0.2, 0.25) is 12.6 Å². The first-order valence-corrected chi connectivity index (χ1v) is 17.7. The molecule has 5 fully saturated rings. The van der Waals surface area contributed by atoms with Crippen LogP contribution in [0.3, 0.4) is 0 Å². The van der Waals surface area contributed by atoms with Gasteiger partial charge in [-0.3, -0.25) is 14.1 Å². The number of nitrogens with one attached hydrogen (secondary N) is 1. The maximum absolute atomic E-state index is 13.0. The molecule has 0 bridgehead atoms. The van der Waals surface area contributed by atoms with E-state index in [1.165, 1.54) is 77.0 Å². The van der Waals surface area contributed by atoms with Gasteiger partial charge in [0.05, 0.1) is 31.6 Å². The van der Waals surface area contributed by atoms with Gasteiger partial charge in [-0.2, -0.15) is 0 Å². The van der Waals surface area contributed by atoms with Gasteiger partial charge in [-0.15, -0.1) is 0 Å². The van der Waals surface area contributed by atoms with E-state index in [-0.39, 0.29) is 24.3 Å². The molecule has 1 saturated heterocycles. The third-order valence-electron chi connectivity index (χ3n) is 13.7. The largest absolute Gasteiger partial charge is 1.00 e. The average Bonchev–Trinajstić information content (AvgIpc) is 3.54. The number of amides is 1. The second kappa shape index (κ2) is 13.3. The number of esters is 1. The highest BCUT2D eigenvalue weighted by molar-refractivity contribution is 5.76. The Morgan fingerprint density at radius 1 is 0.905 bits per heavy atom. The highest BCUT2D eigenvalue weighted by Crippen LogP contribution is 2.68. The van der Waals surface area contributed by atoms with Crippen LogP contribution < -0.4 is 17.7 Å². The lowest BCUT2D eigenvalue weighted by Crippen LogP contribution is -3.00. The number of hydrogen-bond donors (Lipinski definition) is 1. The van der Waals surface area contributed by atoms with Gasteiger partial charge in [-0.1, -0.05) is 33.6 Å². The van der Waals surface area contributed by atoms with Gasteiger partial charge in [0.15, 0.2) is 0 Å². The first-order chi connectivity index (χ1) is 19.4. The van der Waals surface area contributed by atoms with Gasteiger partial charge >= 0.3 is 5.97 Å². The number of carbonyl (C=O) groups is 2. The molecule has 242 valence electrons. The van der Waals surface area contributed by atoms with E-state index < -0.39 is 5.41 Å². The second-order valence-electron chi connectivity index (χ2n) is 17.0. The summed E-state index contributed by atoms with van der Waals surface area (Å²) in [6.45, 7) is 17.5. The zero-order chi connectivity index (χ0) is 29.5. The Morgan fingerprint density at radius 2 is 1.62 bits per heavy atom. The molecule has 5 nitrogen and oxygen atoms in total. The Bertz CT molecular complexity index is 942. The molecule has 0 spiro atoms. The normalized spacial score (nSPS) is 37.9. The predicted octanol–water partition coefficient (Wildman–Crippen LogP) is 4.73. The van der Waals surface area contributed by atoms with Crippen molar-refractivity contribution < 1.29 is 31.2 Å². The molecule has 0 aromatic heterocycles. The third kappa shape index (κ3) is 6.73. The number of rotatable bonds is 9. The summed E-state index contributed by atoms with van der Waals surface area (Å²) in [6, 6.07) is 0. The third-order valence-corrected chi connectivity index (χ3v) is 13.7. The smallest absolute Gasteiger partial charge is 0.315 e. The number of likely N-dealkylation sites (tertiary alicyclic amines) is 1. The summed E-state index contributed by atoms with van der Waals surface area (Å²) >= 11 is 0. The van der Waals surface area contributed by atoms with Crippen molar-refractivity contribution >= 4 is 11.9 Å². The van der Waals surface area contributed by atoms with Gasteiger partial charge in [-0.25, -0.2) is 0 Å². The highest BCUT2D eigenvalue weighted by Gasteiger charge is 2.60. The van der Waals surface area contributed by atoms with E-state index in [1.54, 1.807) is 0 Å². The van der Waals surface area contributed by atoms with Crippen molar-refractivity contribution in [3.8, 4) is 0 Å². The zero-order valence-electron chi connectivity index (χ0n) is 27.9. The number of nitrogens with zero attached hydrogens (tertiary/aromatic N) is 1. The molecule has 0 aromatic rings. The average molecular weight is 607 g/mol. The lowest BCUT2D eigenvalue weighted by Gasteiger charge is -2.61. The van der Waals surface area contributed by atoms with Crippen LogP contribution in [-0.4, -0.2) is 49.3 Å². The minimum Gasteiger partial charge on any atom is -1.00 e. The van der Waals surface area contributed by atoms with Crippen molar-refractivity contribution in [3.05, 3.63) is 0 Å². The van der Waals surface area contributed by atoms with E-state index in [4.69, 9.17) is 4.74 Å². The number of halogens is 1. The Kier molecular flexibility index (Phi) is 10.8. The molecule has 1 aliphatic heterocycles. The summed E-state index contributed by atoms with van der Waals surface area (Å²) < 4.78 is 6.52. The molecule has 0 radical (unpaired) electrons. The zero-order valence-corrected chi connectivity index (χ0v) is 28.7. The molecule has 1 N–H and O–H groups in total. The number of quaternary nitrogens is 1. The summed E-state index contributed by atoms with van der Waals surface area (Å²) in [7, 11) is 0. The van der Waals surface area contributed by atoms with E-state index in [2.05, 4.69) is 26.1 Å². The van der Waals surface area contributed by atoms with E-state index in [1.807, 2.05) is 20.8 Å². The van der Waals surface area contributed by atoms with E-state index >= 15 is 0 Å². The van der Waals surface area contributed by atoms with Crippen LogP contribution in [0.1, 0.15) is 131 Å². The molecule has 0 aromatic carbocycles. The van der Waals surface area contributed by atoms with Gasteiger partial charge in [-0.05, 0) is 125 Å². The Labute approximate surface area is 264 Å². The molecule has 5 rings (SSSR count). The standard InChI is InChI=1S/C36H62N2O3.ClH/c1-26(12-17-32(39)37-21-24-38(22-9-10-23-38)25-41-33(40)34(2,3)4)29-15-16-30-28-14-13-27-11-7-8-19-35(27,5)31(28)18-20-36(29,30)6;/h26-31H,7-25H2,1-6H3;1H/t26-,27?,28?,29-,30?,31?,35+,36-;/m1./s1. The second-order valence-corrected chi connectivity index (χ2v) is 17.0. The first-order valence-electron chi connectivity index (χ1n) is 17.7. The number of fused-ring (bicyclic) bond motifs is 5. The van der Waals surface area contributed by atoms with Crippen LogP contribution in [0.5, 0.6) is 0 Å². The van der Waals surface area contributed by atoms with Crippen molar-refractivity contribution in [1.29, 1.82) is 0 Å². The van der Waals surface area contributed by atoms with Crippen molar-refractivity contribution in [1.82, 2.24) is 5.32 Å². The van der Waals surface area contributed by atoms with Crippen LogP contribution >= 0.6 is 0 Å². The molecule has 4 aliphatic carbocycles. The van der Waals surface area contributed by atoms with Crippen LogP contribution in [0, 0.1) is 51.8 Å². The van der Waals surface area contributed by atoms with Crippen LogP contribution in [0.4, 0.5) is 0 Å². The molecule has 5 aliphatic rings. The lowest BCUT2D eigenvalue weighted by atomic mass is 9.44. The van der Waals surface area contributed by atoms with E-state index in [9.17, 15) is 9.59 Å². The summed E-state index contributed by atoms with van der Waals surface area (Å²) in [5.41, 5.74) is 0.622.